The van der Waals surface area contributed by atoms with Gasteiger partial charge < -0.3 is 0 Å². The molecule has 4 heteroatoms. The van der Waals surface area contributed by atoms with E-state index in [0.29, 0.717) is 0 Å². The van der Waals surface area contributed by atoms with Crippen LogP contribution in [0.25, 0.3) is 0 Å². The summed E-state index contributed by atoms with van der Waals surface area (Å²) in [7, 11) is 0. The van der Waals surface area contributed by atoms with Crippen molar-refractivity contribution in [2.24, 2.45) is 5.92 Å². The second-order valence-electron chi connectivity index (χ2n) is 4.44. The average Bonchev–Trinajstić information content (AvgIpc) is 2.33. The lowest BCUT2D eigenvalue weighted by molar-refractivity contribution is 0.192. The molecule has 0 aliphatic carbocycles. The van der Waals surface area contributed by atoms with Crippen LogP contribution in [0.4, 0.5) is 4.39 Å². The summed E-state index contributed by atoms with van der Waals surface area (Å²) in [6.07, 6.45) is 2.06. The smallest absolute Gasteiger partial charge is 0.124 e. The number of nitrogens with zero attached hydrogens (tertiary/aromatic N) is 2. The highest BCUT2D eigenvalue weighted by molar-refractivity contribution is 9.10. The summed E-state index contributed by atoms with van der Waals surface area (Å²) in [4.78, 5) is 2.26. The molecule has 1 aromatic rings. The average molecular weight is 297 g/mol. The predicted octanol–water partition coefficient (Wildman–Crippen LogP) is 3.32. The maximum Gasteiger partial charge on any atom is 0.124 e. The molecule has 0 aromatic heterocycles. The van der Waals surface area contributed by atoms with Gasteiger partial charge in [-0.25, -0.2) is 4.39 Å². The van der Waals surface area contributed by atoms with Crippen LogP contribution in [0, 0.1) is 23.1 Å². The van der Waals surface area contributed by atoms with Gasteiger partial charge in [0.25, 0.3) is 0 Å². The largest absolute Gasteiger partial charge is 0.298 e. The molecule has 1 aliphatic rings. The number of piperidine rings is 1. The molecule has 0 radical (unpaired) electrons. The summed E-state index contributed by atoms with van der Waals surface area (Å²) in [5.74, 6) is -0.0860. The molecule has 1 aromatic carbocycles. The van der Waals surface area contributed by atoms with Gasteiger partial charge in [-0.1, -0.05) is 22.0 Å². The third kappa shape index (κ3) is 3.27. The third-order valence-electron chi connectivity index (χ3n) is 3.10. The highest BCUT2D eigenvalue weighted by Crippen LogP contribution is 2.23. The molecule has 0 spiro atoms. The van der Waals surface area contributed by atoms with Crippen molar-refractivity contribution in [2.75, 3.05) is 13.1 Å². The molecule has 1 fully saturated rings. The molecule has 0 N–H and O–H groups in total. The van der Waals surface area contributed by atoms with Crippen LogP contribution < -0.4 is 0 Å². The van der Waals surface area contributed by atoms with Crippen molar-refractivity contribution in [3.8, 4) is 6.07 Å². The zero-order chi connectivity index (χ0) is 12.3. The number of nitriles is 1. The minimum absolute atomic E-state index is 0.142. The first-order valence-corrected chi connectivity index (χ1v) is 6.54. The first kappa shape index (κ1) is 12.5. The Kier molecular flexibility index (Phi) is 4.14. The van der Waals surface area contributed by atoms with Crippen LogP contribution in [-0.2, 0) is 6.54 Å². The highest BCUT2D eigenvalue weighted by Gasteiger charge is 2.19. The first-order valence-electron chi connectivity index (χ1n) is 5.75. The van der Waals surface area contributed by atoms with Gasteiger partial charge in [0, 0.05) is 17.6 Å². The minimum atomic E-state index is -0.228. The van der Waals surface area contributed by atoms with Crippen LogP contribution in [0.2, 0.25) is 0 Å². The standard InChI is InChI=1S/C13H14BrFN2/c14-13-6-12(15)4-3-11(13)9-17-5-1-2-10(7-16)8-17/h3-4,6,10H,1-2,5,8-9H2. The van der Waals surface area contributed by atoms with Gasteiger partial charge in [0.05, 0.1) is 12.0 Å². The first-order chi connectivity index (χ1) is 8.19. The van der Waals surface area contributed by atoms with Gasteiger partial charge in [-0.05, 0) is 37.1 Å². The van der Waals surface area contributed by atoms with E-state index in [9.17, 15) is 4.39 Å². The summed E-state index contributed by atoms with van der Waals surface area (Å²) in [5.41, 5.74) is 1.07. The molecular formula is C13H14BrFN2. The zero-order valence-corrected chi connectivity index (χ0v) is 11.1. The Morgan fingerprint density at radius 2 is 2.35 bits per heavy atom. The minimum Gasteiger partial charge on any atom is -0.298 e. The SMILES string of the molecule is N#CC1CCCN(Cc2ccc(F)cc2Br)C1. The van der Waals surface area contributed by atoms with E-state index < -0.39 is 0 Å². The van der Waals surface area contributed by atoms with Crippen LogP contribution >= 0.6 is 15.9 Å². The highest BCUT2D eigenvalue weighted by atomic mass is 79.9. The van der Waals surface area contributed by atoms with E-state index in [1.165, 1.54) is 12.1 Å². The summed E-state index contributed by atoms with van der Waals surface area (Å²) < 4.78 is 13.8. The van der Waals surface area contributed by atoms with Crippen molar-refractivity contribution in [1.29, 1.82) is 5.26 Å². The molecule has 0 saturated carbocycles. The van der Waals surface area contributed by atoms with Gasteiger partial charge in [0.1, 0.15) is 5.82 Å². The van der Waals surface area contributed by atoms with E-state index in [1.807, 2.05) is 0 Å². The Labute approximate surface area is 109 Å². The normalized spacial score (nSPS) is 21.1. The topological polar surface area (TPSA) is 27.0 Å². The Hall–Kier alpha value is -0.920. The fraction of sp³-hybridized carbons (Fsp3) is 0.462. The number of hydrogen-bond donors (Lipinski definition) is 0. The quantitative estimate of drug-likeness (QED) is 0.837. The van der Waals surface area contributed by atoms with Crippen LogP contribution in [0.15, 0.2) is 22.7 Å². The van der Waals surface area contributed by atoms with E-state index in [4.69, 9.17) is 5.26 Å². The Morgan fingerprint density at radius 1 is 1.53 bits per heavy atom. The number of rotatable bonds is 2. The van der Waals surface area contributed by atoms with E-state index in [2.05, 4.69) is 26.9 Å². The van der Waals surface area contributed by atoms with Crippen molar-refractivity contribution in [1.82, 2.24) is 4.90 Å². The fourth-order valence-corrected chi connectivity index (χ4v) is 2.67. The molecule has 2 nitrogen and oxygen atoms in total. The molecule has 1 unspecified atom stereocenters. The third-order valence-corrected chi connectivity index (χ3v) is 3.84. The van der Waals surface area contributed by atoms with E-state index in [0.717, 1.165) is 42.5 Å². The molecule has 1 atom stereocenters. The lowest BCUT2D eigenvalue weighted by atomic mass is 9.99. The van der Waals surface area contributed by atoms with Crippen LogP contribution in [0.5, 0.6) is 0 Å². The molecule has 0 bridgehead atoms. The summed E-state index contributed by atoms with van der Waals surface area (Å²) >= 11 is 3.37. The lowest BCUT2D eigenvalue weighted by Crippen LogP contribution is -2.34. The predicted molar refractivity (Wildman–Crippen MR) is 67.7 cm³/mol. The fourth-order valence-electron chi connectivity index (χ4n) is 2.20. The van der Waals surface area contributed by atoms with Crippen molar-refractivity contribution in [2.45, 2.75) is 19.4 Å². The molecule has 90 valence electrons. The maximum atomic E-state index is 13.0. The molecular weight excluding hydrogens is 283 g/mol. The van der Waals surface area contributed by atoms with Crippen LogP contribution in [0.3, 0.4) is 0 Å². The van der Waals surface area contributed by atoms with Gasteiger partial charge in [0.2, 0.25) is 0 Å². The van der Waals surface area contributed by atoms with Crippen molar-refractivity contribution in [3.63, 3.8) is 0 Å². The monoisotopic (exact) mass is 296 g/mol. The molecule has 1 aliphatic heterocycles. The van der Waals surface area contributed by atoms with Crippen LogP contribution in [0.1, 0.15) is 18.4 Å². The van der Waals surface area contributed by atoms with Gasteiger partial charge >= 0.3 is 0 Å². The maximum absolute atomic E-state index is 13.0. The number of likely N-dealkylation sites (tertiary alicyclic amines) is 1. The molecule has 0 amide bonds. The van der Waals surface area contributed by atoms with E-state index in [-0.39, 0.29) is 11.7 Å². The molecule has 1 saturated heterocycles. The van der Waals surface area contributed by atoms with Crippen molar-refractivity contribution in [3.05, 3.63) is 34.1 Å². The van der Waals surface area contributed by atoms with E-state index >= 15 is 0 Å². The number of halogens is 2. The summed E-state index contributed by atoms with van der Waals surface area (Å²) in [6.45, 7) is 2.61. The van der Waals surface area contributed by atoms with Gasteiger partial charge in [-0.15, -0.1) is 0 Å². The molecule has 2 rings (SSSR count). The lowest BCUT2D eigenvalue weighted by Gasteiger charge is -2.29. The van der Waals surface area contributed by atoms with E-state index in [1.54, 1.807) is 6.07 Å². The molecule has 17 heavy (non-hydrogen) atoms. The second kappa shape index (κ2) is 5.61. The summed E-state index contributed by atoms with van der Waals surface area (Å²) in [6, 6.07) is 7.10. The molecule has 1 heterocycles. The summed E-state index contributed by atoms with van der Waals surface area (Å²) in [5, 5.41) is 8.93. The van der Waals surface area contributed by atoms with Gasteiger partial charge in [-0.3, -0.25) is 4.90 Å². The Balaban J connectivity index is 2.03. The second-order valence-corrected chi connectivity index (χ2v) is 5.29. The van der Waals surface area contributed by atoms with Gasteiger partial charge in [0.15, 0.2) is 0 Å². The Morgan fingerprint density at radius 3 is 3.06 bits per heavy atom. The van der Waals surface area contributed by atoms with Crippen molar-refractivity contribution >= 4 is 15.9 Å². The number of benzene rings is 1. The Bertz CT molecular complexity index is 442. The number of hydrogen-bond acceptors (Lipinski definition) is 2. The van der Waals surface area contributed by atoms with Crippen molar-refractivity contribution < 1.29 is 4.39 Å². The van der Waals surface area contributed by atoms with Crippen LogP contribution in [-0.4, -0.2) is 18.0 Å². The zero-order valence-electron chi connectivity index (χ0n) is 9.50. The van der Waals surface area contributed by atoms with Gasteiger partial charge in [-0.2, -0.15) is 5.26 Å².